The lowest BCUT2D eigenvalue weighted by Gasteiger charge is -2.15. The van der Waals surface area contributed by atoms with E-state index in [1.807, 2.05) is 42.5 Å². The number of anilines is 1. The fourth-order valence-electron chi connectivity index (χ4n) is 3.41. The Bertz CT molecular complexity index is 1110. The average Bonchev–Trinajstić information content (AvgIpc) is 3.21. The van der Waals surface area contributed by atoms with Gasteiger partial charge in [-0.25, -0.2) is 9.97 Å². The van der Waals surface area contributed by atoms with Gasteiger partial charge in [0, 0.05) is 31.7 Å². The maximum atomic E-state index is 5.30. The molecule has 0 saturated carbocycles. The Balaban J connectivity index is 1.86. The first-order valence-corrected chi connectivity index (χ1v) is 9.60. The van der Waals surface area contributed by atoms with Gasteiger partial charge in [0.25, 0.3) is 0 Å². The largest absolute Gasteiger partial charge is 0.497 e. The molecule has 0 fully saturated rings. The topological polar surface area (TPSA) is 70.4 Å². The summed E-state index contributed by atoms with van der Waals surface area (Å²) in [5.74, 6) is 1.53. The molecule has 2 heterocycles. The highest BCUT2D eigenvalue weighted by atomic mass is 16.7. The molecule has 30 heavy (non-hydrogen) atoms. The minimum absolute atomic E-state index is 0.376. The van der Waals surface area contributed by atoms with Crippen LogP contribution in [-0.2, 0) is 9.47 Å². The van der Waals surface area contributed by atoms with Crippen LogP contribution < -0.4 is 10.1 Å². The number of fused-ring (bicyclic) bond motifs is 1. The van der Waals surface area contributed by atoms with Crippen LogP contribution >= 0.6 is 0 Å². The number of rotatable bonds is 8. The third-order valence-corrected chi connectivity index (χ3v) is 4.98. The molecule has 2 aromatic heterocycles. The summed E-state index contributed by atoms with van der Waals surface area (Å²) in [7, 11) is 4.88. The van der Waals surface area contributed by atoms with E-state index in [2.05, 4.69) is 38.2 Å². The van der Waals surface area contributed by atoms with Crippen molar-refractivity contribution in [3.63, 3.8) is 0 Å². The van der Waals surface area contributed by atoms with Crippen LogP contribution in [0.3, 0.4) is 0 Å². The molecule has 0 aliphatic heterocycles. The number of ether oxygens (including phenoxy) is 3. The van der Waals surface area contributed by atoms with Crippen LogP contribution in [0.5, 0.6) is 5.75 Å². The normalized spacial score (nSPS) is 11.2. The van der Waals surface area contributed by atoms with E-state index in [0.717, 1.165) is 39.4 Å². The Kier molecular flexibility index (Phi) is 5.92. The van der Waals surface area contributed by atoms with Crippen molar-refractivity contribution < 1.29 is 14.2 Å². The van der Waals surface area contributed by atoms with E-state index in [4.69, 9.17) is 14.2 Å². The van der Waals surface area contributed by atoms with Crippen molar-refractivity contribution in [1.29, 1.82) is 0 Å². The van der Waals surface area contributed by atoms with E-state index in [1.54, 1.807) is 27.7 Å². The number of aromatic nitrogens is 3. The van der Waals surface area contributed by atoms with Gasteiger partial charge < -0.3 is 24.1 Å². The lowest BCUT2D eigenvalue weighted by molar-refractivity contribution is -0.0914. The zero-order valence-electron chi connectivity index (χ0n) is 17.2. The van der Waals surface area contributed by atoms with Crippen molar-refractivity contribution >= 4 is 16.9 Å². The van der Waals surface area contributed by atoms with Crippen molar-refractivity contribution in [2.45, 2.75) is 6.29 Å². The summed E-state index contributed by atoms with van der Waals surface area (Å²) in [5, 5.41) is 4.28. The van der Waals surface area contributed by atoms with Crippen LogP contribution in [0.25, 0.3) is 27.8 Å². The molecular formula is C23H24N4O3. The SMILES string of the molecule is COc1ccc(-n2cc(-c3ccccc3)c3c(NCC(OC)OC)ncnc32)cc1. The summed E-state index contributed by atoms with van der Waals surface area (Å²) in [6.07, 6.45) is 3.28. The van der Waals surface area contributed by atoms with Gasteiger partial charge in [-0.2, -0.15) is 0 Å². The number of hydrogen-bond acceptors (Lipinski definition) is 6. The van der Waals surface area contributed by atoms with Gasteiger partial charge in [0.2, 0.25) is 0 Å². The lowest BCUT2D eigenvalue weighted by atomic mass is 10.1. The second-order valence-corrected chi connectivity index (χ2v) is 6.68. The Hall–Kier alpha value is -3.42. The average molecular weight is 404 g/mol. The molecule has 0 aliphatic carbocycles. The monoisotopic (exact) mass is 404 g/mol. The molecule has 7 nitrogen and oxygen atoms in total. The van der Waals surface area contributed by atoms with E-state index in [9.17, 15) is 0 Å². The highest BCUT2D eigenvalue weighted by Gasteiger charge is 2.18. The summed E-state index contributed by atoms with van der Waals surface area (Å²) in [5.41, 5.74) is 3.92. The van der Waals surface area contributed by atoms with E-state index in [-0.39, 0.29) is 6.29 Å². The predicted octanol–water partition coefficient (Wildman–Crippen LogP) is 4.13. The molecule has 4 aromatic rings. The zero-order valence-corrected chi connectivity index (χ0v) is 17.2. The third-order valence-electron chi connectivity index (χ3n) is 4.98. The van der Waals surface area contributed by atoms with Crippen molar-refractivity contribution in [1.82, 2.24) is 14.5 Å². The minimum atomic E-state index is -0.376. The first-order chi connectivity index (χ1) is 14.7. The summed E-state index contributed by atoms with van der Waals surface area (Å²) in [6.45, 7) is 0.459. The van der Waals surface area contributed by atoms with Crippen LogP contribution in [0.15, 0.2) is 67.1 Å². The maximum absolute atomic E-state index is 5.30. The summed E-state index contributed by atoms with van der Waals surface area (Å²) in [6, 6.07) is 18.1. The number of hydrogen-bond donors (Lipinski definition) is 1. The van der Waals surface area contributed by atoms with Crippen molar-refractivity contribution in [3.8, 4) is 22.6 Å². The van der Waals surface area contributed by atoms with Crippen molar-refractivity contribution in [2.24, 2.45) is 0 Å². The molecule has 0 spiro atoms. The molecule has 0 unspecified atom stereocenters. The van der Waals surface area contributed by atoms with Gasteiger partial charge in [0.1, 0.15) is 17.9 Å². The summed E-state index contributed by atoms with van der Waals surface area (Å²) >= 11 is 0. The molecule has 0 atom stereocenters. The van der Waals surface area contributed by atoms with E-state index >= 15 is 0 Å². The van der Waals surface area contributed by atoms with Crippen LogP contribution in [0.2, 0.25) is 0 Å². The molecule has 2 aromatic carbocycles. The first-order valence-electron chi connectivity index (χ1n) is 9.60. The molecule has 0 bridgehead atoms. The summed E-state index contributed by atoms with van der Waals surface area (Å²) < 4.78 is 18.0. The molecule has 0 amide bonds. The number of methoxy groups -OCH3 is 3. The lowest BCUT2D eigenvalue weighted by Crippen LogP contribution is -2.24. The van der Waals surface area contributed by atoms with Crippen LogP contribution in [0, 0.1) is 0 Å². The Morgan fingerprint density at radius 1 is 0.933 bits per heavy atom. The van der Waals surface area contributed by atoms with Gasteiger partial charge in [0.05, 0.1) is 19.0 Å². The highest BCUT2D eigenvalue weighted by molar-refractivity contribution is 6.02. The van der Waals surface area contributed by atoms with Crippen molar-refractivity contribution in [3.05, 3.63) is 67.1 Å². The number of nitrogens with zero attached hydrogens (tertiary/aromatic N) is 3. The first kappa shape index (κ1) is 19.9. The molecular weight excluding hydrogens is 380 g/mol. The van der Waals surface area contributed by atoms with Gasteiger partial charge in [-0.05, 0) is 29.8 Å². The molecule has 0 aliphatic rings. The number of benzene rings is 2. The van der Waals surface area contributed by atoms with Gasteiger partial charge in [-0.1, -0.05) is 30.3 Å². The van der Waals surface area contributed by atoms with Crippen LogP contribution in [0.1, 0.15) is 0 Å². The van der Waals surface area contributed by atoms with E-state index in [1.165, 1.54) is 0 Å². The Labute approximate surface area is 175 Å². The Morgan fingerprint density at radius 3 is 2.33 bits per heavy atom. The maximum Gasteiger partial charge on any atom is 0.173 e. The van der Waals surface area contributed by atoms with Gasteiger partial charge >= 0.3 is 0 Å². The fraction of sp³-hybridized carbons (Fsp3) is 0.217. The predicted molar refractivity (Wildman–Crippen MR) is 117 cm³/mol. The zero-order chi connectivity index (χ0) is 20.9. The standard InChI is InChI=1S/C23H24N4O3/c1-28-18-11-9-17(10-12-18)27-14-19(16-7-5-4-6-8-16)21-22(25-15-26-23(21)27)24-13-20(29-2)30-3/h4-12,14-15,20H,13H2,1-3H3,(H,24,25,26). The van der Waals surface area contributed by atoms with Gasteiger partial charge in [-0.3, -0.25) is 0 Å². The van der Waals surface area contributed by atoms with Crippen LogP contribution in [-0.4, -0.2) is 48.7 Å². The second kappa shape index (κ2) is 8.94. The van der Waals surface area contributed by atoms with E-state index < -0.39 is 0 Å². The molecule has 154 valence electrons. The molecule has 0 radical (unpaired) electrons. The minimum Gasteiger partial charge on any atom is -0.497 e. The van der Waals surface area contributed by atoms with E-state index in [0.29, 0.717) is 6.54 Å². The molecule has 7 heteroatoms. The smallest absolute Gasteiger partial charge is 0.173 e. The highest BCUT2D eigenvalue weighted by Crippen LogP contribution is 2.35. The third kappa shape index (κ3) is 3.85. The fourth-order valence-corrected chi connectivity index (χ4v) is 3.41. The van der Waals surface area contributed by atoms with Gasteiger partial charge in [0.15, 0.2) is 11.9 Å². The number of nitrogens with one attached hydrogen (secondary N) is 1. The van der Waals surface area contributed by atoms with Crippen LogP contribution in [0.4, 0.5) is 5.82 Å². The molecule has 4 rings (SSSR count). The van der Waals surface area contributed by atoms with Gasteiger partial charge in [-0.15, -0.1) is 0 Å². The second-order valence-electron chi connectivity index (χ2n) is 6.68. The quantitative estimate of drug-likeness (QED) is 0.446. The molecule has 0 saturated heterocycles. The molecule has 1 N–H and O–H groups in total. The Morgan fingerprint density at radius 2 is 1.67 bits per heavy atom. The summed E-state index contributed by atoms with van der Waals surface area (Å²) in [4.78, 5) is 9.09. The van der Waals surface area contributed by atoms with Crippen molar-refractivity contribution in [2.75, 3.05) is 33.2 Å².